The summed E-state index contributed by atoms with van der Waals surface area (Å²) in [5.41, 5.74) is 0.973. The van der Waals surface area contributed by atoms with Crippen molar-refractivity contribution in [2.45, 2.75) is 6.92 Å². The average molecular weight is 183 g/mol. The largest absolute Gasteiger partial charge is 0.494 e. The van der Waals surface area contributed by atoms with E-state index < -0.39 is 0 Å². The molecule has 0 saturated heterocycles. The highest BCUT2D eigenvalue weighted by Crippen LogP contribution is 2.16. The van der Waals surface area contributed by atoms with Crippen molar-refractivity contribution in [1.82, 2.24) is 0 Å². The normalized spacial score (nSPS) is 9.50. The molecule has 1 aromatic rings. The van der Waals surface area contributed by atoms with Crippen LogP contribution in [0, 0.1) is 0 Å². The van der Waals surface area contributed by atoms with Crippen LogP contribution in [0.25, 0.3) is 5.76 Å². The maximum atomic E-state index is 5.72. The summed E-state index contributed by atoms with van der Waals surface area (Å²) in [5.74, 6) is 0.689. The molecule has 0 spiro atoms. The molecule has 0 aliphatic rings. The lowest BCUT2D eigenvalue weighted by Crippen LogP contribution is -1.88. The molecule has 1 rings (SSSR count). The Kier molecular flexibility index (Phi) is 3.18. The van der Waals surface area contributed by atoms with Crippen molar-refractivity contribution >= 4 is 17.4 Å². The Morgan fingerprint density at radius 1 is 1.42 bits per heavy atom. The van der Waals surface area contributed by atoms with Gasteiger partial charge in [0.2, 0.25) is 0 Å². The number of hydrogen-bond donors (Lipinski definition) is 0. The van der Waals surface area contributed by atoms with E-state index in [0.717, 1.165) is 10.6 Å². The Morgan fingerprint density at radius 2 is 2.00 bits per heavy atom. The van der Waals surface area contributed by atoms with E-state index in [9.17, 15) is 0 Å². The van der Waals surface area contributed by atoms with E-state index in [0.29, 0.717) is 12.4 Å². The van der Waals surface area contributed by atoms with Gasteiger partial charge in [0.05, 0.1) is 6.61 Å². The number of rotatable bonds is 3. The SMILES string of the molecule is C=C(OCC)c1ccc(Cl)cc1. The second-order valence-corrected chi connectivity index (χ2v) is 2.80. The summed E-state index contributed by atoms with van der Waals surface area (Å²) in [4.78, 5) is 0. The standard InChI is InChI=1S/C10H11ClO/c1-3-12-8(2)9-4-6-10(11)7-5-9/h4-7H,2-3H2,1H3. The fourth-order valence-electron chi connectivity index (χ4n) is 0.893. The van der Waals surface area contributed by atoms with Gasteiger partial charge in [0.25, 0.3) is 0 Å². The van der Waals surface area contributed by atoms with Crippen molar-refractivity contribution in [1.29, 1.82) is 0 Å². The summed E-state index contributed by atoms with van der Waals surface area (Å²) in [7, 11) is 0. The zero-order valence-electron chi connectivity index (χ0n) is 7.01. The van der Waals surface area contributed by atoms with Crippen LogP contribution in [0.2, 0.25) is 5.02 Å². The van der Waals surface area contributed by atoms with Gasteiger partial charge < -0.3 is 4.74 Å². The van der Waals surface area contributed by atoms with E-state index in [-0.39, 0.29) is 0 Å². The molecule has 0 aliphatic carbocycles. The third-order valence-corrected chi connectivity index (χ3v) is 1.74. The number of benzene rings is 1. The van der Waals surface area contributed by atoms with Crippen molar-refractivity contribution in [2.75, 3.05) is 6.61 Å². The van der Waals surface area contributed by atoms with Gasteiger partial charge in [-0.05, 0) is 31.2 Å². The van der Waals surface area contributed by atoms with Crippen LogP contribution in [0.15, 0.2) is 30.8 Å². The molecule has 0 heterocycles. The lowest BCUT2D eigenvalue weighted by molar-refractivity contribution is 0.299. The maximum Gasteiger partial charge on any atom is 0.119 e. The second-order valence-electron chi connectivity index (χ2n) is 2.36. The molecule has 0 atom stereocenters. The van der Waals surface area contributed by atoms with Gasteiger partial charge in [0.1, 0.15) is 5.76 Å². The third kappa shape index (κ3) is 2.28. The second kappa shape index (κ2) is 4.17. The summed E-state index contributed by atoms with van der Waals surface area (Å²) in [6.07, 6.45) is 0. The highest BCUT2D eigenvalue weighted by molar-refractivity contribution is 6.30. The molecule has 0 radical (unpaired) electrons. The molecule has 12 heavy (non-hydrogen) atoms. The third-order valence-electron chi connectivity index (χ3n) is 1.48. The van der Waals surface area contributed by atoms with E-state index in [1.807, 2.05) is 31.2 Å². The van der Waals surface area contributed by atoms with Crippen LogP contribution in [-0.2, 0) is 4.74 Å². The molecule has 0 N–H and O–H groups in total. The van der Waals surface area contributed by atoms with Gasteiger partial charge in [-0.3, -0.25) is 0 Å². The molecule has 0 aromatic heterocycles. The molecule has 0 aliphatic heterocycles. The summed E-state index contributed by atoms with van der Waals surface area (Å²) in [6.45, 7) is 6.35. The highest BCUT2D eigenvalue weighted by Gasteiger charge is 1.97. The predicted molar refractivity (Wildman–Crippen MR) is 52.1 cm³/mol. The molecule has 1 nitrogen and oxygen atoms in total. The summed E-state index contributed by atoms with van der Waals surface area (Å²) in [6, 6.07) is 7.42. The lowest BCUT2D eigenvalue weighted by Gasteiger charge is -2.05. The highest BCUT2D eigenvalue weighted by atomic mass is 35.5. The van der Waals surface area contributed by atoms with E-state index >= 15 is 0 Å². The lowest BCUT2D eigenvalue weighted by atomic mass is 10.2. The summed E-state index contributed by atoms with van der Waals surface area (Å²) >= 11 is 5.72. The van der Waals surface area contributed by atoms with Gasteiger partial charge in [-0.15, -0.1) is 0 Å². The van der Waals surface area contributed by atoms with E-state index in [2.05, 4.69) is 6.58 Å². The zero-order valence-corrected chi connectivity index (χ0v) is 7.77. The van der Waals surface area contributed by atoms with Crippen molar-refractivity contribution in [3.8, 4) is 0 Å². The minimum atomic E-state index is 0.640. The molecule has 0 unspecified atom stereocenters. The molecule has 2 heteroatoms. The first-order valence-corrected chi connectivity index (χ1v) is 4.19. The molecular formula is C10H11ClO. The molecular weight excluding hydrogens is 172 g/mol. The first-order chi connectivity index (χ1) is 5.74. The number of hydrogen-bond acceptors (Lipinski definition) is 1. The van der Waals surface area contributed by atoms with Gasteiger partial charge >= 0.3 is 0 Å². The average Bonchev–Trinajstić information content (AvgIpc) is 2.06. The van der Waals surface area contributed by atoms with Crippen molar-refractivity contribution < 1.29 is 4.74 Å². The zero-order chi connectivity index (χ0) is 8.97. The van der Waals surface area contributed by atoms with Gasteiger partial charge in [0.15, 0.2) is 0 Å². The Balaban J connectivity index is 2.75. The monoisotopic (exact) mass is 182 g/mol. The first kappa shape index (κ1) is 9.14. The van der Waals surface area contributed by atoms with Crippen molar-refractivity contribution in [3.05, 3.63) is 41.4 Å². The van der Waals surface area contributed by atoms with Gasteiger partial charge in [0, 0.05) is 10.6 Å². The molecule has 1 aromatic carbocycles. The Morgan fingerprint density at radius 3 is 2.50 bits per heavy atom. The molecule has 0 fully saturated rings. The van der Waals surface area contributed by atoms with Crippen molar-refractivity contribution in [2.24, 2.45) is 0 Å². The van der Waals surface area contributed by atoms with Crippen LogP contribution in [0.4, 0.5) is 0 Å². The Hall–Kier alpha value is -0.950. The molecule has 64 valence electrons. The molecule has 0 saturated carbocycles. The molecule has 0 bridgehead atoms. The van der Waals surface area contributed by atoms with Gasteiger partial charge in [-0.25, -0.2) is 0 Å². The fourth-order valence-corrected chi connectivity index (χ4v) is 1.02. The predicted octanol–water partition coefficient (Wildman–Crippen LogP) is 3.35. The topological polar surface area (TPSA) is 9.23 Å². The van der Waals surface area contributed by atoms with Crippen molar-refractivity contribution in [3.63, 3.8) is 0 Å². The van der Waals surface area contributed by atoms with Crippen LogP contribution < -0.4 is 0 Å². The van der Waals surface area contributed by atoms with Crippen LogP contribution >= 0.6 is 11.6 Å². The fraction of sp³-hybridized carbons (Fsp3) is 0.200. The molecule has 0 amide bonds. The van der Waals surface area contributed by atoms with E-state index in [1.165, 1.54) is 0 Å². The van der Waals surface area contributed by atoms with E-state index in [1.54, 1.807) is 0 Å². The Bertz CT molecular complexity index is 264. The smallest absolute Gasteiger partial charge is 0.119 e. The van der Waals surface area contributed by atoms with Gasteiger partial charge in [-0.2, -0.15) is 0 Å². The minimum Gasteiger partial charge on any atom is -0.494 e. The number of halogens is 1. The van der Waals surface area contributed by atoms with Crippen LogP contribution in [0.1, 0.15) is 12.5 Å². The summed E-state index contributed by atoms with van der Waals surface area (Å²) in [5, 5.41) is 0.725. The summed E-state index contributed by atoms with van der Waals surface area (Å²) < 4.78 is 5.23. The van der Waals surface area contributed by atoms with Gasteiger partial charge in [-0.1, -0.05) is 18.2 Å². The van der Waals surface area contributed by atoms with Crippen LogP contribution in [0.3, 0.4) is 0 Å². The van der Waals surface area contributed by atoms with Crippen LogP contribution in [0.5, 0.6) is 0 Å². The quantitative estimate of drug-likeness (QED) is 0.652. The number of ether oxygens (including phenoxy) is 1. The van der Waals surface area contributed by atoms with E-state index in [4.69, 9.17) is 16.3 Å². The maximum absolute atomic E-state index is 5.72. The first-order valence-electron chi connectivity index (χ1n) is 3.81. The Labute approximate surface area is 77.6 Å². The minimum absolute atomic E-state index is 0.640. The van der Waals surface area contributed by atoms with Crippen LogP contribution in [-0.4, -0.2) is 6.61 Å².